The van der Waals surface area contributed by atoms with Gasteiger partial charge in [0.15, 0.2) is 0 Å². The van der Waals surface area contributed by atoms with Crippen LogP contribution in [0.25, 0.3) is 0 Å². The summed E-state index contributed by atoms with van der Waals surface area (Å²) in [5.41, 5.74) is 1.71. The molecule has 4 heteroatoms. The predicted molar refractivity (Wildman–Crippen MR) is 69.3 cm³/mol. The van der Waals surface area contributed by atoms with E-state index in [1.54, 1.807) is 11.0 Å². The SMILES string of the molecule is CCC1C(=O)NCCN1C(=O)c1cccc(C)c1. The molecule has 0 aromatic heterocycles. The smallest absolute Gasteiger partial charge is 0.254 e. The third-order valence-electron chi connectivity index (χ3n) is 3.24. The first-order chi connectivity index (χ1) is 8.63. The molecule has 1 unspecified atom stereocenters. The van der Waals surface area contributed by atoms with Crippen LogP contribution in [0.1, 0.15) is 29.3 Å². The molecule has 0 saturated carbocycles. The second-order valence-electron chi connectivity index (χ2n) is 4.58. The number of benzene rings is 1. The molecule has 1 aliphatic heterocycles. The number of carbonyl (C=O) groups excluding carboxylic acids is 2. The number of hydrogen-bond donors (Lipinski definition) is 1. The second kappa shape index (κ2) is 5.21. The van der Waals surface area contributed by atoms with Crippen molar-refractivity contribution in [3.05, 3.63) is 35.4 Å². The van der Waals surface area contributed by atoms with Crippen molar-refractivity contribution in [1.82, 2.24) is 10.2 Å². The number of amides is 2. The summed E-state index contributed by atoms with van der Waals surface area (Å²) in [6, 6.07) is 7.15. The number of piperazine rings is 1. The van der Waals surface area contributed by atoms with Gasteiger partial charge in [-0.3, -0.25) is 9.59 Å². The molecule has 0 aliphatic carbocycles. The molecule has 96 valence electrons. The van der Waals surface area contributed by atoms with Crippen molar-refractivity contribution < 1.29 is 9.59 Å². The third kappa shape index (κ3) is 2.37. The van der Waals surface area contributed by atoms with Crippen LogP contribution in [0.4, 0.5) is 0 Å². The first-order valence-electron chi connectivity index (χ1n) is 6.29. The minimum atomic E-state index is -0.341. The molecule has 1 aliphatic rings. The summed E-state index contributed by atoms with van der Waals surface area (Å²) in [6.45, 7) is 4.99. The third-order valence-corrected chi connectivity index (χ3v) is 3.24. The van der Waals surface area contributed by atoms with Crippen LogP contribution in [0, 0.1) is 6.92 Å². The zero-order valence-electron chi connectivity index (χ0n) is 10.8. The van der Waals surface area contributed by atoms with Gasteiger partial charge in [0.05, 0.1) is 0 Å². The summed E-state index contributed by atoms with van der Waals surface area (Å²) >= 11 is 0. The average Bonchev–Trinajstić information content (AvgIpc) is 2.37. The van der Waals surface area contributed by atoms with Gasteiger partial charge in [-0.15, -0.1) is 0 Å². The van der Waals surface area contributed by atoms with E-state index in [-0.39, 0.29) is 17.9 Å². The molecule has 0 bridgehead atoms. The van der Waals surface area contributed by atoms with Crippen molar-refractivity contribution in [2.24, 2.45) is 0 Å². The molecule has 1 saturated heterocycles. The molecule has 1 N–H and O–H groups in total. The van der Waals surface area contributed by atoms with Gasteiger partial charge in [0.25, 0.3) is 5.91 Å². The summed E-state index contributed by atoms with van der Waals surface area (Å²) in [5.74, 6) is -0.106. The fourth-order valence-electron chi connectivity index (χ4n) is 2.31. The van der Waals surface area contributed by atoms with E-state index in [0.29, 0.717) is 25.1 Å². The van der Waals surface area contributed by atoms with Crippen molar-refractivity contribution in [3.63, 3.8) is 0 Å². The highest BCUT2D eigenvalue weighted by Gasteiger charge is 2.31. The van der Waals surface area contributed by atoms with Gasteiger partial charge in [-0.25, -0.2) is 0 Å². The van der Waals surface area contributed by atoms with E-state index in [4.69, 9.17) is 0 Å². The summed E-state index contributed by atoms with van der Waals surface area (Å²) in [4.78, 5) is 25.8. The Morgan fingerprint density at radius 2 is 2.28 bits per heavy atom. The molecular formula is C14H18N2O2. The van der Waals surface area contributed by atoms with Crippen LogP contribution in [0.3, 0.4) is 0 Å². The van der Waals surface area contributed by atoms with E-state index in [0.717, 1.165) is 5.56 Å². The topological polar surface area (TPSA) is 49.4 Å². The van der Waals surface area contributed by atoms with Crippen LogP contribution in [-0.4, -0.2) is 35.8 Å². The zero-order valence-corrected chi connectivity index (χ0v) is 10.8. The summed E-state index contributed by atoms with van der Waals surface area (Å²) in [5, 5.41) is 2.80. The standard InChI is InChI=1S/C14H18N2O2/c1-3-12-13(17)15-7-8-16(12)14(18)11-6-4-5-10(2)9-11/h4-6,9,12H,3,7-8H2,1-2H3,(H,15,17). The lowest BCUT2D eigenvalue weighted by molar-refractivity contribution is -0.127. The van der Waals surface area contributed by atoms with Gasteiger partial charge in [0, 0.05) is 18.7 Å². The molecule has 2 rings (SSSR count). The second-order valence-corrected chi connectivity index (χ2v) is 4.58. The lowest BCUT2D eigenvalue weighted by atomic mass is 10.1. The Balaban J connectivity index is 2.24. The van der Waals surface area contributed by atoms with Crippen LogP contribution < -0.4 is 5.32 Å². The molecule has 1 aromatic carbocycles. The number of nitrogens with one attached hydrogen (secondary N) is 1. The molecule has 1 heterocycles. The largest absolute Gasteiger partial charge is 0.353 e. The molecule has 0 radical (unpaired) electrons. The molecule has 1 fully saturated rings. The molecule has 1 atom stereocenters. The van der Waals surface area contributed by atoms with Gasteiger partial charge in [-0.2, -0.15) is 0 Å². The highest BCUT2D eigenvalue weighted by atomic mass is 16.2. The van der Waals surface area contributed by atoms with Crippen molar-refractivity contribution >= 4 is 11.8 Å². The average molecular weight is 246 g/mol. The lowest BCUT2D eigenvalue weighted by Gasteiger charge is -2.34. The Morgan fingerprint density at radius 3 is 2.94 bits per heavy atom. The number of carbonyl (C=O) groups is 2. The van der Waals surface area contributed by atoms with E-state index < -0.39 is 0 Å². The molecular weight excluding hydrogens is 228 g/mol. The van der Waals surface area contributed by atoms with Gasteiger partial charge in [-0.05, 0) is 25.5 Å². The van der Waals surface area contributed by atoms with Crippen LogP contribution in [0.15, 0.2) is 24.3 Å². The maximum Gasteiger partial charge on any atom is 0.254 e. The van der Waals surface area contributed by atoms with Gasteiger partial charge in [-0.1, -0.05) is 24.6 Å². The van der Waals surface area contributed by atoms with Crippen LogP contribution in [0.2, 0.25) is 0 Å². The first kappa shape index (κ1) is 12.6. The molecule has 0 spiro atoms. The Labute approximate surface area is 107 Å². The van der Waals surface area contributed by atoms with Crippen LogP contribution in [-0.2, 0) is 4.79 Å². The van der Waals surface area contributed by atoms with Crippen molar-refractivity contribution in [2.75, 3.05) is 13.1 Å². The molecule has 2 amide bonds. The van der Waals surface area contributed by atoms with Gasteiger partial charge in [0.2, 0.25) is 5.91 Å². The minimum Gasteiger partial charge on any atom is -0.353 e. The minimum absolute atomic E-state index is 0.0512. The molecule has 4 nitrogen and oxygen atoms in total. The summed E-state index contributed by atoms with van der Waals surface area (Å²) < 4.78 is 0. The maximum absolute atomic E-state index is 12.4. The normalized spacial score (nSPS) is 19.6. The van der Waals surface area contributed by atoms with Crippen molar-refractivity contribution in [3.8, 4) is 0 Å². The zero-order chi connectivity index (χ0) is 13.1. The Morgan fingerprint density at radius 1 is 1.50 bits per heavy atom. The number of rotatable bonds is 2. The van der Waals surface area contributed by atoms with E-state index >= 15 is 0 Å². The van der Waals surface area contributed by atoms with E-state index in [9.17, 15) is 9.59 Å². The quantitative estimate of drug-likeness (QED) is 0.856. The van der Waals surface area contributed by atoms with Crippen LogP contribution >= 0.6 is 0 Å². The lowest BCUT2D eigenvalue weighted by Crippen LogP contribution is -2.56. The number of nitrogens with zero attached hydrogens (tertiary/aromatic N) is 1. The highest BCUT2D eigenvalue weighted by Crippen LogP contribution is 2.14. The Hall–Kier alpha value is -1.84. The predicted octanol–water partition coefficient (Wildman–Crippen LogP) is 1.35. The van der Waals surface area contributed by atoms with E-state index in [1.165, 1.54) is 0 Å². The first-order valence-corrected chi connectivity index (χ1v) is 6.29. The van der Waals surface area contributed by atoms with Gasteiger partial charge < -0.3 is 10.2 Å². The Bertz CT molecular complexity index is 471. The fourth-order valence-corrected chi connectivity index (χ4v) is 2.31. The van der Waals surface area contributed by atoms with E-state index in [2.05, 4.69) is 5.32 Å². The monoisotopic (exact) mass is 246 g/mol. The Kier molecular flexibility index (Phi) is 3.65. The fraction of sp³-hybridized carbons (Fsp3) is 0.429. The van der Waals surface area contributed by atoms with Gasteiger partial charge >= 0.3 is 0 Å². The summed E-state index contributed by atoms with van der Waals surface area (Å²) in [6.07, 6.45) is 0.642. The highest BCUT2D eigenvalue weighted by molar-refractivity contribution is 5.98. The number of hydrogen-bond acceptors (Lipinski definition) is 2. The molecule has 18 heavy (non-hydrogen) atoms. The summed E-state index contributed by atoms with van der Waals surface area (Å²) in [7, 11) is 0. The molecule has 1 aromatic rings. The van der Waals surface area contributed by atoms with Crippen LogP contribution in [0.5, 0.6) is 0 Å². The van der Waals surface area contributed by atoms with Crippen molar-refractivity contribution in [1.29, 1.82) is 0 Å². The van der Waals surface area contributed by atoms with E-state index in [1.807, 2.05) is 32.0 Å². The number of aryl methyl sites for hydroxylation is 1. The van der Waals surface area contributed by atoms with Crippen molar-refractivity contribution in [2.45, 2.75) is 26.3 Å². The van der Waals surface area contributed by atoms with Gasteiger partial charge in [0.1, 0.15) is 6.04 Å². The maximum atomic E-state index is 12.4.